The molecule has 0 atom stereocenters. The maximum atomic E-state index is 12.3. The molecule has 2 aromatic carbocycles. The number of benzene rings is 2. The first-order valence-electron chi connectivity index (χ1n) is 8.25. The van der Waals surface area contributed by atoms with Crippen molar-refractivity contribution >= 4 is 29.1 Å². The fourth-order valence-electron chi connectivity index (χ4n) is 2.49. The van der Waals surface area contributed by atoms with Crippen molar-refractivity contribution < 1.29 is 14.8 Å². The summed E-state index contributed by atoms with van der Waals surface area (Å²) in [6, 6.07) is 13.7. The number of rotatable bonds is 6. The second kappa shape index (κ2) is 8.40. The number of nitrogens with zero attached hydrogens (tertiary/aromatic N) is 3. The van der Waals surface area contributed by atoms with E-state index in [9.17, 15) is 20.0 Å². The Morgan fingerprint density at radius 1 is 1.32 bits per heavy atom. The lowest BCUT2D eigenvalue weighted by Gasteiger charge is -1.99. The molecule has 0 fully saturated rings. The van der Waals surface area contributed by atoms with E-state index in [0.29, 0.717) is 22.6 Å². The van der Waals surface area contributed by atoms with Gasteiger partial charge in [0.25, 0.3) is 5.91 Å². The molecule has 8 nitrogen and oxygen atoms in total. The minimum atomic E-state index is -0.694. The maximum absolute atomic E-state index is 12.3. The fraction of sp³-hybridized carbons (Fsp3) is 0.105. The molecule has 0 unspecified atom stereocenters. The molecule has 0 radical (unpaired) electrons. The fourth-order valence-corrected chi connectivity index (χ4v) is 3.48. The minimum absolute atomic E-state index is 0.371. The molecule has 0 saturated heterocycles. The van der Waals surface area contributed by atoms with Gasteiger partial charge in [-0.2, -0.15) is 5.10 Å². The number of aromatic hydroxyl groups is 1. The summed E-state index contributed by atoms with van der Waals surface area (Å²) >= 11 is 1.30. The first-order chi connectivity index (χ1) is 13.4. The zero-order chi connectivity index (χ0) is 20.1. The van der Waals surface area contributed by atoms with Gasteiger partial charge in [-0.25, -0.2) is 10.4 Å². The number of hydrogen-bond donors (Lipinski definition) is 2. The Bertz CT molecular complexity index is 1050. The van der Waals surface area contributed by atoms with Crippen LogP contribution in [0.25, 0.3) is 0 Å². The van der Waals surface area contributed by atoms with Crippen LogP contribution in [0.4, 0.5) is 5.69 Å². The molecule has 0 saturated carbocycles. The van der Waals surface area contributed by atoms with Crippen molar-refractivity contribution in [3.8, 4) is 5.75 Å². The molecular weight excluding hydrogens is 380 g/mol. The van der Waals surface area contributed by atoms with Crippen LogP contribution < -0.4 is 5.43 Å². The number of amides is 1. The Balaban J connectivity index is 1.67. The van der Waals surface area contributed by atoms with Crippen LogP contribution in [-0.2, 0) is 6.42 Å². The van der Waals surface area contributed by atoms with Gasteiger partial charge in [0.05, 0.1) is 21.8 Å². The molecule has 0 aliphatic carbocycles. The predicted molar refractivity (Wildman–Crippen MR) is 106 cm³/mol. The molecule has 1 amide bonds. The quantitative estimate of drug-likeness (QED) is 0.376. The van der Waals surface area contributed by atoms with E-state index in [1.165, 1.54) is 35.8 Å². The van der Waals surface area contributed by atoms with Gasteiger partial charge in [0.15, 0.2) is 5.75 Å². The van der Waals surface area contributed by atoms with Gasteiger partial charge in [0.1, 0.15) is 4.88 Å². The van der Waals surface area contributed by atoms with Gasteiger partial charge in [-0.15, -0.1) is 11.3 Å². The number of hydrazone groups is 1. The second-order valence-electron chi connectivity index (χ2n) is 5.89. The second-order valence-corrected chi connectivity index (χ2v) is 6.97. The molecule has 2 N–H and O–H groups in total. The highest BCUT2D eigenvalue weighted by molar-refractivity contribution is 7.13. The summed E-state index contributed by atoms with van der Waals surface area (Å²) in [5, 5.41) is 24.9. The van der Waals surface area contributed by atoms with Crippen molar-refractivity contribution in [3.63, 3.8) is 0 Å². The van der Waals surface area contributed by atoms with Crippen LogP contribution in [0.3, 0.4) is 0 Å². The highest BCUT2D eigenvalue weighted by Gasteiger charge is 2.15. The number of carbonyl (C=O) groups is 1. The zero-order valence-electron chi connectivity index (χ0n) is 14.8. The highest BCUT2D eigenvalue weighted by Crippen LogP contribution is 2.25. The molecule has 0 aliphatic heterocycles. The number of thiazole rings is 1. The van der Waals surface area contributed by atoms with Crippen LogP contribution in [0, 0.1) is 17.0 Å². The Kier molecular flexibility index (Phi) is 5.75. The summed E-state index contributed by atoms with van der Waals surface area (Å²) in [4.78, 5) is 27.4. The number of hydrogen-bond acceptors (Lipinski definition) is 7. The number of nitrogens with one attached hydrogen (secondary N) is 1. The summed E-state index contributed by atoms with van der Waals surface area (Å²) < 4.78 is 0. The van der Waals surface area contributed by atoms with E-state index in [-0.39, 0.29) is 0 Å². The van der Waals surface area contributed by atoms with Gasteiger partial charge in [-0.1, -0.05) is 30.3 Å². The SMILES string of the molecule is Cc1nc(Cc2ccccc2)sc1C(=O)N/N=C\c1ccc(O)c([N+](=O)[O-])c1. The van der Waals surface area contributed by atoms with E-state index in [4.69, 9.17) is 0 Å². The normalized spacial score (nSPS) is 10.9. The van der Waals surface area contributed by atoms with E-state index < -0.39 is 22.3 Å². The summed E-state index contributed by atoms with van der Waals surface area (Å²) in [5.41, 5.74) is 4.06. The summed E-state index contributed by atoms with van der Waals surface area (Å²) in [6.07, 6.45) is 1.91. The average Bonchev–Trinajstić information content (AvgIpc) is 3.03. The third-order valence-electron chi connectivity index (χ3n) is 3.82. The standard InChI is InChI=1S/C19H16N4O4S/c1-12-18(28-17(21-12)10-13-5-3-2-4-6-13)19(25)22-20-11-14-7-8-16(24)15(9-14)23(26)27/h2-9,11,24H,10H2,1H3,(H,22,25)/b20-11-. The van der Waals surface area contributed by atoms with Crippen LogP contribution in [0.15, 0.2) is 53.6 Å². The maximum Gasteiger partial charge on any atom is 0.311 e. The van der Waals surface area contributed by atoms with Gasteiger partial charge in [0, 0.05) is 18.1 Å². The summed E-state index contributed by atoms with van der Waals surface area (Å²) in [5.74, 6) is -0.837. The van der Waals surface area contributed by atoms with Gasteiger partial charge in [0.2, 0.25) is 0 Å². The predicted octanol–water partition coefficient (Wildman–Crippen LogP) is 3.42. The van der Waals surface area contributed by atoms with Crippen LogP contribution in [0.1, 0.15) is 31.5 Å². The lowest BCUT2D eigenvalue weighted by molar-refractivity contribution is -0.385. The minimum Gasteiger partial charge on any atom is -0.502 e. The Hall–Kier alpha value is -3.59. The van der Waals surface area contributed by atoms with Crippen LogP contribution in [0.2, 0.25) is 0 Å². The Morgan fingerprint density at radius 3 is 2.79 bits per heavy atom. The molecule has 3 rings (SSSR count). The lowest BCUT2D eigenvalue weighted by atomic mass is 10.2. The zero-order valence-corrected chi connectivity index (χ0v) is 15.6. The van der Waals surface area contributed by atoms with Crippen molar-refractivity contribution in [2.75, 3.05) is 0 Å². The number of nitro benzene ring substituents is 1. The van der Waals surface area contributed by atoms with Gasteiger partial charge >= 0.3 is 5.69 Å². The van der Waals surface area contributed by atoms with Crippen LogP contribution >= 0.6 is 11.3 Å². The monoisotopic (exact) mass is 396 g/mol. The molecule has 9 heteroatoms. The van der Waals surface area contributed by atoms with Gasteiger partial charge in [-0.3, -0.25) is 14.9 Å². The van der Waals surface area contributed by atoms with Crippen molar-refractivity contribution in [1.29, 1.82) is 0 Å². The molecule has 3 aromatic rings. The molecule has 142 valence electrons. The first kappa shape index (κ1) is 19.2. The molecular formula is C19H16N4O4S. The van der Waals surface area contributed by atoms with E-state index in [1.807, 2.05) is 30.3 Å². The number of nitro groups is 1. The third-order valence-corrected chi connectivity index (χ3v) is 4.98. The summed E-state index contributed by atoms with van der Waals surface area (Å²) in [7, 11) is 0. The van der Waals surface area contributed by atoms with Gasteiger partial charge < -0.3 is 5.11 Å². The lowest BCUT2D eigenvalue weighted by Crippen LogP contribution is -2.17. The van der Waals surface area contributed by atoms with Crippen LogP contribution in [-0.4, -0.2) is 27.1 Å². The molecule has 0 aliphatic rings. The number of carbonyl (C=O) groups excluding carboxylic acids is 1. The largest absolute Gasteiger partial charge is 0.502 e. The molecule has 0 bridgehead atoms. The molecule has 0 spiro atoms. The number of phenols is 1. The molecule has 1 aromatic heterocycles. The highest BCUT2D eigenvalue weighted by atomic mass is 32.1. The van der Waals surface area contributed by atoms with Crippen molar-refractivity contribution in [3.05, 3.63) is 85.4 Å². The van der Waals surface area contributed by atoms with Crippen LogP contribution in [0.5, 0.6) is 5.75 Å². The van der Waals surface area contributed by atoms with E-state index in [1.54, 1.807) is 6.92 Å². The van der Waals surface area contributed by atoms with Crippen molar-refractivity contribution in [1.82, 2.24) is 10.4 Å². The van der Waals surface area contributed by atoms with E-state index in [2.05, 4.69) is 15.5 Å². The number of phenolic OH excluding ortho intramolecular Hbond substituents is 1. The van der Waals surface area contributed by atoms with E-state index in [0.717, 1.165) is 10.6 Å². The van der Waals surface area contributed by atoms with Crippen molar-refractivity contribution in [2.45, 2.75) is 13.3 Å². The molecule has 1 heterocycles. The topological polar surface area (TPSA) is 118 Å². The number of aryl methyl sites for hydroxylation is 1. The average molecular weight is 396 g/mol. The smallest absolute Gasteiger partial charge is 0.311 e. The number of aromatic nitrogens is 1. The van der Waals surface area contributed by atoms with Crippen molar-refractivity contribution in [2.24, 2.45) is 5.10 Å². The summed E-state index contributed by atoms with van der Waals surface area (Å²) in [6.45, 7) is 1.76. The third kappa shape index (κ3) is 4.57. The Labute approximate surface area is 164 Å². The van der Waals surface area contributed by atoms with E-state index >= 15 is 0 Å². The first-order valence-corrected chi connectivity index (χ1v) is 9.06. The Morgan fingerprint density at radius 2 is 2.07 bits per heavy atom. The van der Waals surface area contributed by atoms with Gasteiger partial charge in [-0.05, 0) is 24.6 Å². The molecule has 28 heavy (non-hydrogen) atoms.